The molecule has 0 radical (unpaired) electrons. The van der Waals surface area contributed by atoms with Gasteiger partial charge in [0.15, 0.2) is 6.10 Å². The summed E-state index contributed by atoms with van der Waals surface area (Å²) in [6, 6.07) is 5.39. The van der Waals surface area contributed by atoms with E-state index in [1.165, 1.54) is 11.5 Å². The lowest BCUT2D eigenvalue weighted by Crippen LogP contribution is -2.17. The summed E-state index contributed by atoms with van der Waals surface area (Å²) in [5, 5.41) is 1.28. The maximum atomic E-state index is 12.1. The summed E-state index contributed by atoms with van der Waals surface area (Å²) in [6.45, 7) is 3.18. The second kappa shape index (κ2) is 5.22. The standard InChI is InChI=1S/C16H15NO3/c1-5-14(20-11(3)18)15-10(2)6-7-13-12(15)8-9-17(4)16(13)19/h1,6-9,14H,2-4H3. The number of hydrogen-bond donors (Lipinski definition) is 0. The van der Waals surface area contributed by atoms with Gasteiger partial charge in [0.25, 0.3) is 5.56 Å². The lowest BCUT2D eigenvalue weighted by molar-refractivity contribution is -0.144. The summed E-state index contributed by atoms with van der Waals surface area (Å²) in [6.07, 6.45) is 6.36. The van der Waals surface area contributed by atoms with Crippen molar-refractivity contribution in [2.24, 2.45) is 7.05 Å². The van der Waals surface area contributed by atoms with E-state index in [0.29, 0.717) is 10.9 Å². The van der Waals surface area contributed by atoms with Crippen LogP contribution in [0, 0.1) is 19.3 Å². The van der Waals surface area contributed by atoms with Crippen molar-refractivity contribution in [1.29, 1.82) is 0 Å². The third kappa shape index (κ3) is 2.30. The molecule has 1 aromatic carbocycles. The minimum atomic E-state index is -0.789. The first-order valence-corrected chi connectivity index (χ1v) is 6.18. The van der Waals surface area contributed by atoms with Gasteiger partial charge in [-0.2, -0.15) is 0 Å². The highest BCUT2D eigenvalue weighted by atomic mass is 16.5. The van der Waals surface area contributed by atoms with Crippen molar-refractivity contribution in [3.05, 3.63) is 45.9 Å². The Bertz CT molecular complexity index is 781. The van der Waals surface area contributed by atoms with Crippen LogP contribution in [0.4, 0.5) is 0 Å². The zero-order chi connectivity index (χ0) is 14.9. The molecule has 20 heavy (non-hydrogen) atoms. The van der Waals surface area contributed by atoms with E-state index >= 15 is 0 Å². The highest BCUT2D eigenvalue weighted by Gasteiger charge is 2.18. The maximum absolute atomic E-state index is 12.1. The highest BCUT2D eigenvalue weighted by molar-refractivity contribution is 5.87. The van der Waals surface area contributed by atoms with E-state index in [4.69, 9.17) is 11.2 Å². The molecule has 2 aromatic rings. The molecule has 1 aromatic heterocycles. The van der Waals surface area contributed by atoms with Crippen LogP contribution in [0.1, 0.15) is 24.2 Å². The fourth-order valence-electron chi connectivity index (χ4n) is 2.25. The minimum Gasteiger partial charge on any atom is -0.444 e. The molecule has 2 rings (SSSR count). The lowest BCUT2D eigenvalue weighted by atomic mass is 9.96. The van der Waals surface area contributed by atoms with E-state index in [0.717, 1.165) is 10.9 Å². The van der Waals surface area contributed by atoms with E-state index in [1.54, 1.807) is 19.3 Å². The minimum absolute atomic E-state index is 0.109. The van der Waals surface area contributed by atoms with Crippen molar-refractivity contribution >= 4 is 16.7 Å². The number of esters is 1. The van der Waals surface area contributed by atoms with Crippen molar-refractivity contribution < 1.29 is 9.53 Å². The van der Waals surface area contributed by atoms with Crippen LogP contribution < -0.4 is 5.56 Å². The van der Waals surface area contributed by atoms with Gasteiger partial charge in [0.05, 0.1) is 0 Å². The number of carbonyl (C=O) groups excluding carboxylic acids is 1. The number of terminal acetylenes is 1. The van der Waals surface area contributed by atoms with Crippen molar-refractivity contribution in [1.82, 2.24) is 4.57 Å². The van der Waals surface area contributed by atoms with E-state index in [1.807, 2.05) is 19.1 Å². The van der Waals surface area contributed by atoms with Gasteiger partial charge >= 0.3 is 5.97 Å². The molecule has 0 fully saturated rings. The number of nitrogens with zero attached hydrogens (tertiary/aromatic N) is 1. The van der Waals surface area contributed by atoms with Gasteiger partial charge in [-0.05, 0) is 30.0 Å². The molecule has 0 bridgehead atoms. The van der Waals surface area contributed by atoms with Gasteiger partial charge in [-0.1, -0.05) is 12.0 Å². The third-order valence-electron chi connectivity index (χ3n) is 3.22. The Hall–Kier alpha value is -2.54. The molecule has 0 saturated heterocycles. The van der Waals surface area contributed by atoms with Crippen LogP contribution in [0.2, 0.25) is 0 Å². The van der Waals surface area contributed by atoms with Gasteiger partial charge in [-0.15, -0.1) is 6.42 Å². The zero-order valence-corrected chi connectivity index (χ0v) is 11.6. The Balaban J connectivity index is 2.78. The number of benzene rings is 1. The monoisotopic (exact) mass is 269 g/mol. The molecule has 0 aliphatic rings. The van der Waals surface area contributed by atoms with Crippen LogP contribution in [0.5, 0.6) is 0 Å². The molecule has 0 saturated carbocycles. The van der Waals surface area contributed by atoms with Gasteiger partial charge in [0.1, 0.15) is 0 Å². The van der Waals surface area contributed by atoms with Crippen molar-refractivity contribution in [3.8, 4) is 12.3 Å². The molecule has 1 atom stereocenters. The second-order valence-corrected chi connectivity index (χ2v) is 4.65. The highest BCUT2D eigenvalue weighted by Crippen LogP contribution is 2.28. The molecule has 1 unspecified atom stereocenters. The number of fused-ring (bicyclic) bond motifs is 1. The largest absolute Gasteiger partial charge is 0.444 e. The average molecular weight is 269 g/mol. The average Bonchev–Trinajstić information content (AvgIpc) is 2.40. The maximum Gasteiger partial charge on any atom is 0.304 e. The smallest absolute Gasteiger partial charge is 0.304 e. The number of ether oxygens (including phenoxy) is 1. The molecule has 0 aliphatic carbocycles. The van der Waals surface area contributed by atoms with Gasteiger partial charge in [0, 0.05) is 31.1 Å². The quantitative estimate of drug-likeness (QED) is 0.619. The summed E-state index contributed by atoms with van der Waals surface area (Å²) in [5.41, 5.74) is 1.47. The van der Waals surface area contributed by atoms with E-state index < -0.39 is 12.1 Å². The molecule has 4 nitrogen and oxygen atoms in total. The topological polar surface area (TPSA) is 48.3 Å². The molecule has 0 N–H and O–H groups in total. The Morgan fingerprint density at radius 2 is 2.05 bits per heavy atom. The van der Waals surface area contributed by atoms with Crippen LogP contribution in [-0.4, -0.2) is 10.5 Å². The normalized spacial score (nSPS) is 11.9. The molecule has 4 heteroatoms. The molecule has 1 heterocycles. The number of hydrogen-bond acceptors (Lipinski definition) is 3. The summed E-state index contributed by atoms with van der Waals surface area (Å²) in [5.74, 6) is 2.01. The van der Waals surface area contributed by atoms with Gasteiger partial charge < -0.3 is 9.30 Å². The summed E-state index contributed by atoms with van der Waals surface area (Å²) >= 11 is 0. The summed E-state index contributed by atoms with van der Waals surface area (Å²) < 4.78 is 6.66. The van der Waals surface area contributed by atoms with Gasteiger partial charge in [-0.3, -0.25) is 9.59 Å². The number of carbonyl (C=O) groups is 1. The van der Waals surface area contributed by atoms with Crippen LogP contribution in [0.3, 0.4) is 0 Å². The van der Waals surface area contributed by atoms with Crippen LogP contribution in [0.25, 0.3) is 10.8 Å². The van der Waals surface area contributed by atoms with Crippen molar-refractivity contribution in [2.45, 2.75) is 20.0 Å². The number of rotatable bonds is 2. The van der Waals surface area contributed by atoms with Crippen LogP contribution >= 0.6 is 0 Å². The number of aromatic nitrogens is 1. The molecule has 0 spiro atoms. The summed E-state index contributed by atoms with van der Waals surface area (Å²) in [4.78, 5) is 23.3. The van der Waals surface area contributed by atoms with Crippen molar-refractivity contribution in [3.63, 3.8) is 0 Å². The SMILES string of the molecule is C#CC(OC(C)=O)c1c(C)ccc2c(=O)n(C)ccc12. The first kappa shape index (κ1) is 13.9. The molecule has 102 valence electrons. The molecular formula is C16H15NO3. The Labute approximate surface area is 117 Å². The Kier molecular flexibility index (Phi) is 3.62. The van der Waals surface area contributed by atoms with Crippen LogP contribution in [-0.2, 0) is 16.6 Å². The van der Waals surface area contributed by atoms with Crippen molar-refractivity contribution in [2.75, 3.05) is 0 Å². The molecular weight excluding hydrogens is 254 g/mol. The van der Waals surface area contributed by atoms with Crippen LogP contribution in [0.15, 0.2) is 29.2 Å². The predicted octanol–water partition coefficient (Wildman–Crippen LogP) is 2.08. The first-order chi connectivity index (χ1) is 9.45. The van der Waals surface area contributed by atoms with E-state index in [9.17, 15) is 9.59 Å². The van der Waals surface area contributed by atoms with E-state index in [2.05, 4.69) is 5.92 Å². The number of pyridine rings is 1. The summed E-state index contributed by atoms with van der Waals surface area (Å²) in [7, 11) is 1.69. The first-order valence-electron chi connectivity index (χ1n) is 6.18. The Morgan fingerprint density at radius 1 is 1.35 bits per heavy atom. The Morgan fingerprint density at radius 3 is 2.65 bits per heavy atom. The fraction of sp³-hybridized carbons (Fsp3) is 0.250. The lowest BCUT2D eigenvalue weighted by Gasteiger charge is -2.16. The van der Waals surface area contributed by atoms with Gasteiger partial charge in [-0.25, -0.2) is 0 Å². The third-order valence-corrected chi connectivity index (χ3v) is 3.22. The second-order valence-electron chi connectivity index (χ2n) is 4.65. The molecule has 0 amide bonds. The van der Waals surface area contributed by atoms with Gasteiger partial charge in [0.2, 0.25) is 0 Å². The molecule has 0 aliphatic heterocycles. The predicted molar refractivity (Wildman–Crippen MR) is 77.3 cm³/mol. The fourth-order valence-corrected chi connectivity index (χ4v) is 2.25. The zero-order valence-electron chi connectivity index (χ0n) is 11.6. The number of aryl methyl sites for hydroxylation is 2. The van der Waals surface area contributed by atoms with E-state index in [-0.39, 0.29) is 5.56 Å².